The zero-order valence-corrected chi connectivity index (χ0v) is 6.14. The molecule has 0 atom stereocenters. The van der Waals surface area contributed by atoms with Crippen LogP contribution in [0, 0.1) is 0 Å². The van der Waals surface area contributed by atoms with Crippen molar-refractivity contribution >= 4 is 5.82 Å². The van der Waals surface area contributed by atoms with Crippen molar-refractivity contribution < 1.29 is 4.74 Å². The molecule has 0 radical (unpaired) electrons. The first-order valence-corrected chi connectivity index (χ1v) is 3.22. The van der Waals surface area contributed by atoms with E-state index in [1.54, 1.807) is 0 Å². The summed E-state index contributed by atoms with van der Waals surface area (Å²) in [5, 5.41) is 9.50. The van der Waals surface area contributed by atoms with Crippen LogP contribution in [0.4, 0.5) is 5.82 Å². The minimum atomic E-state index is 0.658. The van der Waals surface area contributed by atoms with Crippen molar-refractivity contribution in [2.24, 2.45) is 0 Å². The Morgan fingerprint density at radius 2 is 2.60 bits per heavy atom. The molecule has 0 unspecified atom stereocenters. The molecule has 0 fully saturated rings. The van der Waals surface area contributed by atoms with E-state index in [2.05, 4.69) is 15.5 Å². The van der Waals surface area contributed by atoms with Crippen molar-refractivity contribution in [3.8, 4) is 5.88 Å². The van der Waals surface area contributed by atoms with Crippen LogP contribution < -0.4 is 10.1 Å². The first-order chi connectivity index (χ1) is 4.86. The van der Waals surface area contributed by atoms with E-state index in [1.807, 2.05) is 20.0 Å². The van der Waals surface area contributed by atoms with Gasteiger partial charge in [-0.25, -0.2) is 5.10 Å². The molecule has 0 aliphatic heterocycles. The molecular weight excluding hydrogens is 130 g/mol. The smallest absolute Gasteiger partial charge is 0.211 e. The fourth-order valence-electron chi connectivity index (χ4n) is 0.662. The highest BCUT2D eigenvalue weighted by Crippen LogP contribution is 2.10. The van der Waals surface area contributed by atoms with Gasteiger partial charge in [-0.05, 0) is 6.92 Å². The molecular formula is C6H11N3O. The van der Waals surface area contributed by atoms with Gasteiger partial charge < -0.3 is 10.1 Å². The number of nitrogens with one attached hydrogen (secondary N) is 2. The van der Waals surface area contributed by atoms with Gasteiger partial charge in [0.1, 0.15) is 0 Å². The third-order valence-corrected chi connectivity index (χ3v) is 1.11. The predicted molar refractivity (Wildman–Crippen MR) is 39.3 cm³/mol. The summed E-state index contributed by atoms with van der Waals surface area (Å²) < 4.78 is 5.13. The number of nitrogens with zero attached hydrogens (tertiary/aromatic N) is 1. The molecule has 56 valence electrons. The van der Waals surface area contributed by atoms with Crippen LogP contribution in [0.1, 0.15) is 6.92 Å². The fourth-order valence-corrected chi connectivity index (χ4v) is 0.662. The number of rotatable bonds is 3. The summed E-state index contributed by atoms with van der Waals surface area (Å²) in [4.78, 5) is 0. The van der Waals surface area contributed by atoms with Crippen LogP contribution in [0.3, 0.4) is 0 Å². The fraction of sp³-hybridized carbons (Fsp3) is 0.500. The van der Waals surface area contributed by atoms with Gasteiger partial charge in [-0.3, -0.25) is 0 Å². The third-order valence-electron chi connectivity index (χ3n) is 1.11. The summed E-state index contributed by atoms with van der Waals surface area (Å²) in [6.07, 6.45) is 0. The molecule has 0 saturated carbocycles. The van der Waals surface area contributed by atoms with Gasteiger partial charge in [0.25, 0.3) is 0 Å². The van der Waals surface area contributed by atoms with E-state index in [0.717, 1.165) is 5.82 Å². The van der Waals surface area contributed by atoms with Crippen molar-refractivity contribution in [3.05, 3.63) is 6.07 Å². The second-order valence-electron chi connectivity index (χ2n) is 1.80. The van der Waals surface area contributed by atoms with Gasteiger partial charge in [-0.1, -0.05) is 0 Å². The molecule has 4 heteroatoms. The maximum absolute atomic E-state index is 5.13. The lowest BCUT2D eigenvalue weighted by atomic mass is 10.6. The Kier molecular flexibility index (Phi) is 2.15. The number of hydrogen-bond donors (Lipinski definition) is 2. The van der Waals surface area contributed by atoms with Crippen LogP contribution in [0.5, 0.6) is 5.88 Å². The van der Waals surface area contributed by atoms with Crippen molar-refractivity contribution in [2.75, 3.05) is 19.0 Å². The minimum absolute atomic E-state index is 0.658. The summed E-state index contributed by atoms with van der Waals surface area (Å²) >= 11 is 0. The van der Waals surface area contributed by atoms with Gasteiger partial charge >= 0.3 is 0 Å². The summed E-state index contributed by atoms with van der Waals surface area (Å²) in [7, 11) is 1.81. The molecule has 0 aliphatic rings. The molecule has 1 rings (SSSR count). The Hall–Kier alpha value is -1.19. The second kappa shape index (κ2) is 3.10. The molecule has 0 bridgehead atoms. The van der Waals surface area contributed by atoms with Crippen LogP contribution in [0.15, 0.2) is 6.07 Å². The van der Waals surface area contributed by atoms with Crippen LogP contribution in [0.25, 0.3) is 0 Å². The van der Waals surface area contributed by atoms with E-state index in [0.29, 0.717) is 12.5 Å². The Labute approximate surface area is 59.6 Å². The maximum Gasteiger partial charge on any atom is 0.211 e. The first kappa shape index (κ1) is 6.92. The topological polar surface area (TPSA) is 49.9 Å². The van der Waals surface area contributed by atoms with E-state index in [9.17, 15) is 0 Å². The largest absolute Gasteiger partial charge is 0.478 e. The molecule has 1 aromatic rings. The molecule has 4 nitrogen and oxygen atoms in total. The lowest BCUT2D eigenvalue weighted by Gasteiger charge is -1.93. The van der Waals surface area contributed by atoms with Crippen molar-refractivity contribution in [2.45, 2.75) is 6.92 Å². The van der Waals surface area contributed by atoms with Gasteiger partial charge in [-0.2, -0.15) is 5.10 Å². The first-order valence-electron chi connectivity index (χ1n) is 3.22. The molecule has 0 aliphatic carbocycles. The number of hydrogen-bond acceptors (Lipinski definition) is 3. The average molecular weight is 141 g/mol. The van der Waals surface area contributed by atoms with Gasteiger partial charge in [0.05, 0.1) is 6.61 Å². The maximum atomic E-state index is 5.13. The quantitative estimate of drug-likeness (QED) is 0.656. The van der Waals surface area contributed by atoms with Crippen LogP contribution in [-0.2, 0) is 0 Å². The van der Waals surface area contributed by atoms with Crippen molar-refractivity contribution in [1.29, 1.82) is 0 Å². The van der Waals surface area contributed by atoms with Crippen LogP contribution in [-0.4, -0.2) is 23.9 Å². The van der Waals surface area contributed by atoms with E-state index >= 15 is 0 Å². The zero-order valence-electron chi connectivity index (χ0n) is 6.14. The molecule has 2 N–H and O–H groups in total. The summed E-state index contributed by atoms with van der Waals surface area (Å²) in [6, 6.07) is 1.81. The number of ether oxygens (including phenoxy) is 1. The summed E-state index contributed by atoms with van der Waals surface area (Å²) in [5.74, 6) is 1.50. The SMILES string of the molecule is CCOc1cc(NC)n[nH]1. The Morgan fingerprint density at radius 1 is 1.80 bits per heavy atom. The Bertz CT molecular complexity index is 197. The monoisotopic (exact) mass is 141 g/mol. The number of anilines is 1. The van der Waals surface area contributed by atoms with Crippen molar-refractivity contribution in [1.82, 2.24) is 10.2 Å². The minimum Gasteiger partial charge on any atom is -0.478 e. The Balaban J connectivity index is 2.59. The zero-order chi connectivity index (χ0) is 7.40. The normalized spacial score (nSPS) is 9.40. The lowest BCUT2D eigenvalue weighted by molar-refractivity contribution is 0.326. The van der Waals surface area contributed by atoms with Gasteiger partial charge in [0.15, 0.2) is 5.82 Å². The molecule has 0 saturated heterocycles. The Morgan fingerprint density at radius 3 is 3.10 bits per heavy atom. The van der Waals surface area contributed by atoms with E-state index in [-0.39, 0.29) is 0 Å². The van der Waals surface area contributed by atoms with E-state index in [4.69, 9.17) is 4.74 Å². The summed E-state index contributed by atoms with van der Waals surface area (Å²) in [6.45, 7) is 2.59. The van der Waals surface area contributed by atoms with Gasteiger partial charge in [-0.15, -0.1) is 0 Å². The molecule has 0 spiro atoms. The number of aromatic nitrogens is 2. The van der Waals surface area contributed by atoms with E-state index in [1.165, 1.54) is 0 Å². The number of H-pyrrole nitrogens is 1. The van der Waals surface area contributed by atoms with E-state index < -0.39 is 0 Å². The highest BCUT2D eigenvalue weighted by molar-refractivity contribution is 5.36. The van der Waals surface area contributed by atoms with Gasteiger partial charge in [0.2, 0.25) is 5.88 Å². The van der Waals surface area contributed by atoms with Crippen LogP contribution in [0.2, 0.25) is 0 Å². The highest BCUT2D eigenvalue weighted by Gasteiger charge is 1.96. The molecule has 0 aromatic carbocycles. The summed E-state index contributed by atoms with van der Waals surface area (Å²) in [5.41, 5.74) is 0. The lowest BCUT2D eigenvalue weighted by Crippen LogP contribution is -1.90. The molecule has 0 amide bonds. The standard InChI is InChI=1S/C6H11N3O/c1-3-10-6-4-5(7-2)8-9-6/h4H,3H2,1-2H3,(H2,7,8,9). The van der Waals surface area contributed by atoms with Crippen LogP contribution >= 0.6 is 0 Å². The second-order valence-corrected chi connectivity index (χ2v) is 1.80. The average Bonchev–Trinajstić information content (AvgIpc) is 2.37. The highest BCUT2D eigenvalue weighted by atomic mass is 16.5. The predicted octanol–water partition coefficient (Wildman–Crippen LogP) is 0.850. The van der Waals surface area contributed by atoms with Gasteiger partial charge in [0, 0.05) is 13.1 Å². The molecule has 1 heterocycles. The molecule has 10 heavy (non-hydrogen) atoms. The third kappa shape index (κ3) is 1.40. The number of aromatic amines is 1. The van der Waals surface area contributed by atoms with Crippen molar-refractivity contribution in [3.63, 3.8) is 0 Å². The molecule has 1 aromatic heterocycles.